The van der Waals surface area contributed by atoms with E-state index >= 15 is 0 Å². The van der Waals surface area contributed by atoms with Gasteiger partial charge in [0.1, 0.15) is 0 Å². The van der Waals surface area contributed by atoms with Crippen LogP contribution in [0.1, 0.15) is 0 Å². The summed E-state index contributed by atoms with van der Waals surface area (Å²) >= 11 is 1.86. The van der Waals surface area contributed by atoms with Gasteiger partial charge >= 0.3 is 0 Å². The molecule has 0 bridgehead atoms. The molecule has 0 fully saturated rings. The minimum Gasteiger partial charge on any atom is -0.310 e. The van der Waals surface area contributed by atoms with Crippen molar-refractivity contribution in [2.24, 2.45) is 0 Å². The number of thiophene rings is 1. The number of rotatable bonds is 7. The van der Waals surface area contributed by atoms with Gasteiger partial charge in [-0.25, -0.2) is 0 Å². The fraction of sp³-hybridized carbons (Fsp3) is 0. The smallest absolute Gasteiger partial charge is 0.0541 e. The van der Waals surface area contributed by atoms with Gasteiger partial charge in [0, 0.05) is 53.6 Å². The lowest BCUT2D eigenvalue weighted by Gasteiger charge is -2.26. The van der Waals surface area contributed by atoms with Crippen LogP contribution in [0, 0.1) is 0 Å². The summed E-state index contributed by atoms with van der Waals surface area (Å²) in [5.41, 5.74) is 14.1. The average molecular weight is 795 g/mol. The zero-order valence-corrected chi connectivity index (χ0v) is 34.1. The summed E-state index contributed by atoms with van der Waals surface area (Å²) in [5.74, 6) is 0. The number of fused-ring (bicyclic) bond motifs is 7. The topological polar surface area (TPSA) is 8.17 Å². The quantitative estimate of drug-likeness (QED) is 0.156. The van der Waals surface area contributed by atoms with Gasteiger partial charge in [-0.3, -0.25) is 0 Å². The second kappa shape index (κ2) is 14.5. The maximum atomic E-state index is 2.41. The van der Waals surface area contributed by atoms with Crippen molar-refractivity contribution in [3.05, 3.63) is 231 Å². The van der Waals surface area contributed by atoms with Gasteiger partial charge in [0.15, 0.2) is 0 Å². The Morgan fingerprint density at radius 3 is 1.64 bits per heavy atom. The van der Waals surface area contributed by atoms with Gasteiger partial charge in [-0.1, -0.05) is 170 Å². The van der Waals surface area contributed by atoms with Crippen LogP contribution in [-0.4, -0.2) is 4.57 Å². The SMILES string of the molecule is c1cc(-c2cccc3ccccc23)cc(N(c2ccc(-c3ccc(-c4ccccc4-n4c5ccccc5c5ccccc54)cc3)cc2)c2ccc3c(c2)sc2ccccc23)c1. The van der Waals surface area contributed by atoms with E-state index in [-0.39, 0.29) is 0 Å². The van der Waals surface area contributed by atoms with Crippen molar-refractivity contribution in [3.63, 3.8) is 0 Å². The Morgan fingerprint density at radius 1 is 0.311 bits per heavy atom. The number of hydrogen-bond donors (Lipinski definition) is 0. The largest absolute Gasteiger partial charge is 0.310 e. The third kappa shape index (κ3) is 6.01. The van der Waals surface area contributed by atoms with E-state index in [4.69, 9.17) is 0 Å². The summed E-state index contributed by atoms with van der Waals surface area (Å²) in [4.78, 5) is 2.40. The normalized spacial score (nSPS) is 11.6. The second-order valence-corrected chi connectivity index (χ2v) is 16.8. The van der Waals surface area contributed by atoms with Crippen LogP contribution in [0.15, 0.2) is 231 Å². The van der Waals surface area contributed by atoms with E-state index < -0.39 is 0 Å². The van der Waals surface area contributed by atoms with E-state index in [1.54, 1.807) is 0 Å². The summed E-state index contributed by atoms with van der Waals surface area (Å²) < 4.78 is 5.00. The highest BCUT2D eigenvalue weighted by atomic mass is 32.1. The van der Waals surface area contributed by atoms with Crippen molar-refractivity contribution in [1.82, 2.24) is 4.57 Å². The highest BCUT2D eigenvalue weighted by molar-refractivity contribution is 7.25. The molecule has 286 valence electrons. The summed E-state index contributed by atoms with van der Waals surface area (Å²) in [6, 6.07) is 84.1. The molecule has 0 saturated carbocycles. The average Bonchev–Trinajstić information content (AvgIpc) is 3.87. The predicted molar refractivity (Wildman–Crippen MR) is 262 cm³/mol. The zero-order chi connectivity index (χ0) is 40.3. The van der Waals surface area contributed by atoms with E-state index in [1.807, 2.05) is 11.3 Å². The van der Waals surface area contributed by atoms with Crippen LogP contribution in [0.25, 0.3) is 91.8 Å². The molecule has 12 aromatic rings. The molecule has 0 atom stereocenters. The Bertz CT molecular complexity index is 3530. The Labute approximate surface area is 358 Å². The number of aromatic nitrogens is 1. The van der Waals surface area contributed by atoms with Gasteiger partial charge in [-0.2, -0.15) is 0 Å². The minimum atomic E-state index is 1.11. The van der Waals surface area contributed by atoms with Crippen molar-refractivity contribution in [2.45, 2.75) is 0 Å². The first kappa shape index (κ1) is 35.2. The van der Waals surface area contributed by atoms with Crippen LogP contribution < -0.4 is 4.90 Å². The molecule has 0 aliphatic carbocycles. The number of para-hydroxylation sites is 3. The molecular formula is C58H38N2S. The third-order valence-electron chi connectivity index (χ3n) is 12.2. The number of anilines is 3. The molecule has 0 spiro atoms. The Morgan fingerprint density at radius 2 is 0.852 bits per heavy atom. The van der Waals surface area contributed by atoms with Crippen LogP contribution in [0.3, 0.4) is 0 Å². The first-order valence-corrected chi connectivity index (χ1v) is 21.6. The van der Waals surface area contributed by atoms with Crippen LogP contribution in [0.4, 0.5) is 17.1 Å². The van der Waals surface area contributed by atoms with Crippen molar-refractivity contribution in [1.29, 1.82) is 0 Å². The lowest BCUT2D eigenvalue weighted by atomic mass is 9.97. The molecule has 2 nitrogen and oxygen atoms in total. The van der Waals surface area contributed by atoms with Crippen molar-refractivity contribution < 1.29 is 0 Å². The van der Waals surface area contributed by atoms with Gasteiger partial charge in [0.25, 0.3) is 0 Å². The third-order valence-corrected chi connectivity index (χ3v) is 13.3. The van der Waals surface area contributed by atoms with E-state index in [0.717, 1.165) is 17.1 Å². The molecule has 3 heteroatoms. The molecule has 2 heterocycles. The molecule has 0 unspecified atom stereocenters. The number of hydrogen-bond acceptors (Lipinski definition) is 2. The summed E-state index contributed by atoms with van der Waals surface area (Å²) in [6.07, 6.45) is 0. The van der Waals surface area contributed by atoms with Gasteiger partial charge < -0.3 is 9.47 Å². The highest BCUT2D eigenvalue weighted by Gasteiger charge is 2.18. The van der Waals surface area contributed by atoms with Crippen molar-refractivity contribution in [3.8, 4) is 39.1 Å². The fourth-order valence-electron chi connectivity index (χ4n) is 9.33. The summed E-state index contributed by atoms with van der Waals surface area (Å²) in [5, 5.41) is 7.64. The van der Waals surface area contributed by atoms with Gasteiger partial charge in [-0.05, 0) is 99.3 Å². The molecule has 0 radical (unpaired) electrons. The standard InChI is InChI=1S/C58H38N2S/c1-2-17-47-41(13-1)14-12-22-48(47)43-15-11-16-45(37-43)59(46-35-36-53-52-21-6-10-26-57(52)61-58(53)38-46)44-33-31-40(32-34-44)39-27-29-42(30-28-39)49-18-3-7-23-54(49)60-55-24-8-4-19-50(55)51-20-5-9-25-56(51)60/h1-38H. The zero-order valence-electron chi connectivity index (χ0n) is 33.2. The molecule has 0 amide bonds. The monoisotopic (exact) mass is 794 g/mol. The highest BCUT2D eigenvalue weighted by Crippen LogP contribution is 2.43. The minimum absolute atomic E-state index is 1.11. The summed E-state index contributed by atoms with van der Waals surface area (Å²) in [6.45, 7) is 0. The molecule has 2 aromatic heterocycles. The van der Waals surface area contributed by atoms with Crippen LogP contribution in [0.5, 0.6) is 0 Å². The molecule has 0 aliphatic heterocycles. The predicted octanol–water partition coefficient (Wildman–Crippen LogP) is 16.8. The molecule has 0 aliphatic rings. The fourth-order valence-corrected chi connectivity index (χ4v) is 10.5. The van der Waals surface area contributed by atoms with Crippen LogP contribution in [0.2, 0.25) is 0 Å². The molecular weight excluding hydrogens is 757 g/mol. The molecule has 0 saturated heterocycles. The first-order valence-electron chi connectivity index (χ1n) is 20.8. The molecule has 10 aromatic carbocycles. The van der Waals surface area contributed by atoms with E-state index in [1.165, 1.54) is 91.8 Å². The van der Waals surface area contributed by atoms with Gasteiger partial charge in [0.2, 0.25) is 0 Å². The van der Waals surface area contributed by atoms with Crippen LogP contribution >= 0.6 is 11.3 Å². The Kier molecular flexibility index (Phi) is 8.39. The maximum absolute atomic E-state index is 2.41. The Hall–Kier alpha value is -7.72. The second-order valence-electron chi connectivity index (χ2n) is 15.7. The summed E-state index contributed by atoms with van der Waals surface area (Å²) in [7, 11) is 0. The van der Waals surface area contributed by atoms with Crippen molar-refractivity contribution in [2.75, 3.05) is 4.90 Å². The van der Waals surface area contributed by atoms with Crippen LogP contribution in [-0.2, 0) is 0 Å². The lowest BCUT2D eigenvalue weighted by molar-refractivity contribution is 1.18. The maximum Gasteiger partial charge on any atom is 0.0541 e. The molecule has 61 heavy (non-hydrogen) atoms. The molecule has 12 rings (SSSR count). The lowest BCUT2D eigenvalue weighted by Crippen LogP contribution is -2.10. The van der Waals surface area contributed by atoms with Gasteiger partial charge in [-0.15, -0.1) is 11.3 Å². The van der Waals surface area contributed by atoms with Crippen molar-refractivity contribution >= 4 is 81.1 Å². The number of benzene rings is 10. The number of nitrogens with zero attached hydrogens (tertiary/aromatic N) is 2. The van der Waals surface area contributed by atoms with E-state index in [0.29, 0.717) is 0 Å². The first-order chi connectivity index (χ1) is 30.2. The Balaban J connectivity index is 0.924. The molecule has 0 N–H and O–H groups in total. The van der Waals surface area contributed by atoms with Gasteiger partial charge in [0.05, 0.1) is 16.7 Å². The van der Waals surface area contributed by atoms with E-state index in [2.05, 4.69) is 240 Å². The van der Waals surface area contributed by atoms with E-state index in [9.17, 15) is 0 Å².